The number of hydrogen-bond acceptors (Lipinski definition) is 2. The summed E-state index contributed by atoms with van der Waals surface area (Å²) in [6.07, 6.45) is 1.62. The molecule has 1 atom stereocenters. The van der Waals surface area contributed by atoms with Crippen LogP contribution in [-0.4, -0.2) is 16.4 Å². The summed E-state index contributed by atoms with van der Waals surface area (Å²) in [7, 11) is 0. The summed E-state index contributed by atoms with van der Waals surface area (Å²) in [5.74, 6) is -0.187. The first-order chi connectivity index (χ1) is 7.88. The summed E-state index contributed by atoms with van der Waals surface area (Å²) >= 11 is 3.38. The fraction of sp³-hybridized carbons (Fsp3) is 0.500. The van der Waals surface area contributed by atoms with Crippen LogP contribution in [0.25, 0.3) is 0 Å². The second kappa shape index (κ2) is 6.20. The minimum absolute atomic E-state index is 0.187. The highest BCUT2D eigenvalue weighted by molar-refractivity contribution is 9.10. The van der Waals surface area contributed by atoms with Crippen LogP contribution >= 0.6 is 15.9 Å². The number of rotatable bonds is 4. The number of aryl methyl sites for hydroxylation is 1. The van der Waals surface area contributed by atoms with Gasteiger partial charge in [0.25, 0.3) is 0 Å². The Hall–Kier alpha value is -0.830. The van der Waals surface area contributed by atoms with E-state index >= 15 is 0 Å². The third-order valence-electron chi connectivity index (χ3n) is 2.19. The number of alkyl halides is 1. The molecule has 0 saturated carbocycles. The van der Waals surface area contributed by atoms with Gasteiger partial charge in [-0.3, -0.25) is 4.79 Å². The predicted octanol–water partition coefficient (Wildman–Crippen LogP) is 3.72. The van der Waals surface area contributed by atoms with Crippen molar-refractivity contribution >= 4 is 21.9 Å². The van der Waals surface area contributed by atoms with Gasteiger partial charge in [0, 0.05) is 0 Å². The molecule has 0 bridgehead atoms. The molecule has 94 valence electrons. The molecule has 17 heavy (non-hydrogen) atoms. The van der Waals surface area contributed by atoms with Gasteiger partial charge in [0.05, 0.1) is 0 Å². The fourth-order valence-corrected chi connectivity index (χ4v) is 1.74. The molecule has 0 aliphatic rings. The summed E-state index contributed by atoms with van der Waals surface area (Å²) in [6, 6.07) is 10.1. The normalized spacial score (nSPS) is 13.2. The second-order valence-corrected chi connectivity index (χ2v) is 6.13. The van der Waals surface area contributed by atoms with Gasteiger partial charge in [-0.1, -0.05) is 46.3 Å². The van der Waals surface area contributed by atoms with Crippen LogP contribution in [0.1, 0.15) is 32.8 Å². The Labute approximate surface area is 111 Å². The average Bonchev–Trinajstić information content (AvgIpc) is 2.25. The third-order valence-corrected chi connectivity index (χ3v) is 3.02. The van der Waals surface area contributed by atoms with Crippen LogP contribution in [0.4, 0.5) is 0 Å². The summed E-state index contributed by atoms with van der Waals surface area (Å²) in [5, 5.41) is 0. The van der Waals surface area contributed by atoms with Crippen LogP contribution < -0.4 is 0 Å². The van der Waals surface area contributed by atoms with E-state index in [1.54, 1.807) is 0 Å². The lowest BCUT2D eigenvalue weighted by Gasteiger charge is -2.21. The predicted molar refractivity (Wildman–Crippen MR) is 73.3 cm³/mol. The Morgan fingerprint density at radius 3 is 2.41 bits per heavy atom. The number of halogens is 1. The number of carbonyl (C=O) groups excluding carboxylic acids is 1. The molecule has 0 radical (unpaired) electrons. The fourth-order valence-electron chi connectivity index (χ4n) is 1.42. The zero-order chi connectivity index (χ0) is 12.9. The van der Waals surface area contributed by atoms with Crippen molar-refractivity contribution in [1.82, 2.24) is 0 Å². The van der Waals surface area contributed by atoms with Gasteiger partial charge >= 0.3 is 5.97 Å². The van der Waals surface area contributed by atoms with Crippen LogP contribution in [0.5, 0.6) is 0 Å². The van der Waals surface area contributed by atoms with Crippen molar-refractivity contribution in [2.24, 2.45) is 0 Å². The Balaban J connectivity index is 2.40. The Morgan fingerprint density at radius 2 is 1.88 bits per heavy atom. The van der Waals surface area contributed by atoms with Gasteiger partial charge in [-0.15, -0.1) is 0 Å². The van der Waals surface area contributed by atoms with E-state index in [0.29, 0.717) is 0 Å². The first-order valence-electron chi connectivity index (χ1n) is 5.79. The largest absolute Gasteiger partial charge is 0.459 e. The molecule has 0 heterocycles. The molecule has 0 aromatic heterocycles. The van der Waals surface area contributed by atoms with Gasteiger partial charge in [-0.2, -0.15) is 0 Å². The maximum atomic E-state index is 11.7. The smallest absolute Gasteiger partial charge is 0.320 e. The summed E-state index contributed by atoms with van der Waals surface area (Å²) in [5.41, 5.74) is 0.816. The highest BCUT2D eigenvalue weighted by Crippen LogP contribution is 2.16. The highest BCUT2D eigenvalue weighted by atomic mass is 79.9. The molecule has 1 aromatic carbocycles. The van der Waals surface area contributed by atoms with Crippen LogP contribution in [0.15, 0.2) is 30.3 Å². The molecule has 0 unspecified atom stereocenters. The number of ether oxygens (including phenoxy) is 1. The van der Waals surface area contributed by atoms with Crippen molar-refractivity contribution in [1.29, 1.82) is 0 Å². The molecule has 0 fully saturated rings. The minimum atomic E-state index is -0.421. The lowest BCUT2D eigenvalue weighted by molar-refractivity contribution is -0.154. The molecule has 0 spiro atoms. The van der Waals surface area contributed by atoms with E-state index in [1.807, 2.05) is 39.0 Å². The highest BCUT2D eigenvalue weighted by Gasteiger charge is 2.22. The minimum Gasteiger partial charge on any atom is -0.459 e. The van der Waals surface area contributed by atoms with E-state index in [9.17, 15) is 4.79 Å². The van der Waals surface area contributed by atoms with Gasteiger partial charge < -0.3 is 4.74 Å². The van der Waals surface area contributed by atoms with Crippen LogP contribution in [0, 0.1) is 0 Å². The molecule has 1 rings (SSSR count). The number of hydrogen-bond donors (Lipinski definition) is 0. The van der Waals surface area contributed by atoms with Crippen molar-refractivity contribution in [2.75, 3.05) is 0 Å². The Bertz CT molecular complexity index is 354. The van der Waals surface area contributed by atoms with Crippen molar-refractivity contribution in [3.05, 3.63) is 35.9 Å². The van der Waals surface area contributed by atoms with Crippen molar-refractivity contribution < 1.29 is 9.53 Å². The first-order valence-corrected chi connectivity index (χ1v) is 6.71. The summed E-state index contributed by atoms with van der Waals surface area (Å²) in [6.45, 7) is 5.63. The quantitative estimate of drug-likeness (QED) is 0.625. The molecule has 0 aliphatic heterocycles. The van der Waals surface area contributed by atoms with Gasteiger partial charge in [-0.25, -0.2) is 0 Å². The zero-order valence-electron chi connectivity index (χ0n) is 10.6. The van der Waals surface area contributed by atoms with Gasteiger partial charge in [0.1, 0.15) is 10.4 Å². The topological polar surface area (TPSA) is 26.3 Å². The Kier molecular flexibility index (Phi) is 5.19. The molecule has 0 amide bonds. The number of esters is 1. The van der Waals surface area contributed by atoms with Crippen LogP contribution in [0.2, 0.25) is 0 Å². The maximum absolute atomic E-state index is 11.7. The molecule has 0 N–H and O–H groups in total. The third kappa shape index (κ3) is 5.87. The first kappa shape index (κ1) is 14.2. The van der Waals surface area contributed by atoms with E-state index in [2.05, 4.69) is 28.1 Å². The van der Waals surface area contributed by atoms with Crippen molar-refractivity contribution in [3.8, 4) is 0 Å². The summed E-state index contributed by atoms with van der Waals surface area (Å²) < 4.78 is 5.30. The molecular weight excluding hydrogens is 280 g/mol. The van der Waals surface area contributed by atoms with E-state index < -0.39 is 5.60 Å². The molecule has 2 nitrogen and oxygen atoms in total. The SMILES string of the molecule is CC(C)(C)OC(=O)[C@@H](Br)CCc1ccccc1. The molecule has 1 aromatic rings. The average molecular weight is 299 g/mol. The van der Waals surface area contributed by atoms with Crippen molar-refractivity contribution in [2.45, 2.75) is 44.0 Å². The molecule has 0 saturated heterocycles. The monoisotopic (exact) mass is 298 g/mol. The van der Waals surface area contributed by atoms with Gasteiger partial charge in [0.2, 0.25) is 0 Å². The second-order valence-electron chi connectivity index (χ2n) is 5.03. The van der Waals surface area contributed by atoms with E-state index in [0.717, 1.165) is 12.8 Å². The summed E-state index contributed by atoms with van der Waals surface area (Å²) in [4.78, 5) is 11.5. The zero-order valence-corrected chi connectivity index (χ0v) is 12.2. The van der Waals surface area contributed by atoms with E-state index in [1.165, 1.54) is 5.56 Å². The molecule has 0 aliphatic carbocycles. The van der Waals surface area contributed by atoms with Crippen LogP contribution in [-0.2, 0) is 16.0 Å². The number of carbonyl (C=O) groups is 1. The maximum Gasteiger partial charge on any atom is 0.320 e. The van der Waals surface area contributed by atoms with Crippen LogP contribution in [0.3, 0.4) is 0 Å². The Morgan fingerprint density at radius 1 is 1.29 bits per heavy atom. The van der Waals surface area contributed by atoms with E-state index in [-0.39, 0.29) is 10.8 Å². The lowest BCUT2D eigenvalue weighted by Crippen LogP contribution is -2.29. The standard InChI is InChI=1S/C14H19BrO2/c1-14(2,3)17-13(16)12(15)10-9-11-7-5-4-6-8-11/h4-8,12H,9-10H2,1-3H3/t12-/m0/s1. The lowest BCUT2D eigenvalue weighted by atomic mass is 10.1. The molecule has 3 heteroatoms. The molecular formula is C14H19BrO2. The van der Waals surface area contributed by atoms with Gasteiger partial charge in [0.15, 0.2) is 0 Å². The van der Waals surface area contributed by atoms with Gasteiger partial charge in [-0.05, 0) is 39.2 Å². The number of benzene rings is 1. The van der Waals surface area contributed by atoms with Crippen molar-refractivity contribution in [3.63, 3.8) is 0 Å². The van der Waals surface area contributed by atoms with E-state index in [4.69, 9.17) is 4.74 Å².